The number of nitrogens with zero attached hydrogens (tertiary/aromatic N) is 1. The number of hydrogen-bond acceptors (Lipinski definition) is 3. The van der Waals surface area contributed by atoms with Gasteiger partial charge < -0.3 is 4.90 Å². The highest BCUT2D eigenvalue weighted by Crippen LogP contribution is 2.28. The zero-order chi connectivity index (χ0) is 18.0. The first-order valence-electron chi connectivity index (χ1n) is 8.23. The van der Waals surface area contributed by atoms with Crippen LogP contribution in [0.5, 0.6) is 0 Å². The Bertz CT molecular complexity index is 886. The Hall–Kier alpha value is -2.40. The normalized spacial score (nSPS) is 20.7. The second-order valence-electron chi connectivity index (χ2n) is 6.43. The van der Waals surface area contributed by atoms with Crippen molar-refractivity contribution in [2.45, 2.75) is 30.5 Å². The largest absolute Gasteiger partial charge is 0.314 e. The molecule has 25 heavy (non-hydrogen) atoms. The van der Waals surface area contributed by atoms with Crippen LogP contribution in [0.2, 0.25) is 0 Å². The number of rotatable bonds is 4. The summed E-state index contributed by atoms with van der Waals surface area (Å²) in [4.78, 5) is 14.6. The van der Waals surface area contributed by atoms with Crippen molar-refractivity contribution < 1.29 is 13.2 Å². The molecule has 1 aliphatic rings. The molecule has 0 spiro atoms. The maximum absolute atomic E-state index is 13.0. The van der Waals surface area contributed by atoms with E-state index in [0.717, 1.165) is 11.1 Å². The van der Waals surface area contributed by atoms with Crippen LogP contribution in [0.1, 0.15) is 18.1 Å². The smallest absolute Gasteiger partial charge is 0.246 e. The Morgan fingerprint density at radius 1 is 1.00 bits per heavy atom. The highest BCUT2D eigenvalue weighted by atomic mass is 32.2. The molecule has 1 aliphatic heterocycles. The van der Waals surface area contributed by atoms with E-state index in [0.29, 0.717) is 6.54 Å². The van der Waals surface area contributed by atoms with E-state index in [4.69, 9.17) is 0 Å². The molecule has 4 nitrogen and oxygen atoms in total. The van der Waals surface area contributed by atoms with Gasteiger partial charge in [-0.15, -0.1) is 0 Å². The van der Waals surface area contributed by atoms with Gasteiger partial charge in [0.25, 0.3) is 0 Å². The van der Waals surface area contributed by atoms with E-state index in [1.54, 1.807) is 43.5 Å². The molecule has 0 aromatic heterocycles. The zero-order valence-electron chi connectivity index (χ0n) is 14.3. The summed E-state index contributed by atoms with van der Waals surface area (Å²) in [5.74, 6) is -0.745. The van der Waals surface area contributed by atoms with Crippen LogP contribution in [0.15, 0.2) is 71.8 Å². The first-order chi connectivity index (χ1) is 11.9. The number of carbonyl (C=O) groups excluding carboxylic acids is 1. The SMILES string of the molecule is Cc1ccc(S(=O)(=O)C2C(=O)N(Cc3ccccc3)C=CC2C)cc1. The minimum absolute atomic E-state index is 0.193. The molecule has 0 aliphatic carbocycles. The minimum atomic E-state index is -3.74. The summed E-state index contributed by atoms with van der Waals surface area (Å²) in [6.45, 7) is 4.03. The molecule has 0 saturated heterocycles. The van der Waals surface area contributed by atoms with Gasteiger partial charge in [0.05, 0.1) is 11.4 Å². The van der Waals surface area contributed by atoms with Gasteiger partial charge in [-0.3, -0.25) is 4.79 Å². The summed E-state index contributed by atoms with van der Waals surface area (Å²) < 4.78 is 26.1. The maximum Gasteiger partial charge on any atom is 0.246 e. The van der Waals surface area contributed by atoms with Gasteiger partial charge in [0.2, 0.25) is 5.91 Å². The molecule has 5 heteroatoms. The molecule has 2 atom stereocenters. The molecule has 0 N–H and O–H groups in total. The minimum Gasteiger partial charge on any atom is -0.314 e. The number of amides is 1. The van der Waals surface area contributed by atoms with Crippen molar-refractivity contribution in [1.82, 2.24) is 4.90 Å². The molecule has 0 saturated carbocycles. The number of hydrogen-bond donors (Lipinski definition) is 0. The second kappa shape index (κ2) is 6.84. The van der Waals surface area contributed by atoms with Crippen molar-refractivity contribution in [3.8, 4) is 0 Å². The number of aryl methyl sites for hydroxylation is 1. The molecule has 1 heterocycles. The van der Waals surface area contributed by atoms with Crippen LogP contribution in [0.4, 0.5) is 0 Å². The van der Waals surface area contributed by atoms with E-state index in [9.17, 15) is 13.2 Å². The third-order valence-electron chi connectivity index (χ3n) is 4.45. The molecule has 1 amide bonds. The highest BCUT2D eigenvalue weighted by molar-refractivity contribution is 7.92. The van der Waals surface area contributed by atoms with Crippen LogP contribution in [-0.2, 0) is 21.2 Å². The second-order valence-corrected chi connectivity index (χ2v) is 8.50. The molecule has 130 valence electrons. The van der Waals surface area contributed by atoms with Gasteiger partial charge in [0.15, 0.2) is 15.1 Å². The third-order valence-corrected chi connectivity index (χ3v) is 6.68. The Morgan fingerprint density at radius 2 is 1.64 bits per heavy atom. The summed E-state index contributed by atoms with van der Waals surface area (Å²) in [6.07, 6.45) is 3.49. The lowest BCUT2D eigenvalue weighted by molar-refractivity contribution is -0.129. The van der Waals surface area contributed by atoms with Crippen molar-refractivity contribution in [3.05, 3.63) is 78.0 Å². The first kappa shape index (κ1) is 17.4. The lowest BCUT2D eigenvalue weighted by Gasteiger charge is -2.31. The van der Waals surface area contributed by atoms with Crippen LogP contribution >= 0.6 is 0 Å². The van der Waals surface area contributed by atoms with Gasteiger partial charge in [0, 0.05) is 12.1 Å². The van der Waals surface area contributed by atoms with E-state index < -0.39 is 15.1 Å². The van der Waals surface area contributed by atoms with Crippen LogP contribution in [0.3, 0.4) is 0 Å². The molecule has 2 aromatic carbocycles. The molecular formula is C20H21NO3S. The topological polar surface area (TPSA) is 54.5 Å². The summed E-state index contributed by atoms with van der Waals surface area (Å²) in [6, 6.07) is 16.2. The molecule has 0 fully saturated rings. The molecule has 2 aromatic rings. The van der Waals surface area contributed by atoms with Gasteiger partial charge >= 0.3 is 0 Å². The molecule has 3 rings (SSSR count). The Morgan fingerprint density at radius 3 is 2.28 bits per heavy atom. The average Bonchev–Trinajstić information content (AvgIpc) is 2.59. The maximum atomic E-state index is 13.0. The molecule has 2 unspecified atom stereocenters. The number of sulfone groups is 1. The van der Waals surface area contributed by atoms with Crippen LogP contribution in [-0.4, -0.2) is 24.5 Å². The summed E-state index contributed by atoms with van der Waals surface area (Å²) in [5, 5.41) is -1.09. The lowest BCUT2D eigenvalue weighted by Crippen LogP contribution is -2.46. The Kier molecular flexibility index (Phi) is 4.77. The fourth-order valence-electron chi connectivity index (χ4n) is 3.00. The van der Waals surface area contributed by atoms with Gasteiger partial charge in [-0.1, -0.05) is 61.0 Å². The first-order valence-corrected chi connectivity index (χ1v) is 9.77. The van der Waals surface area contributed by atoms with E-state index >= 15 is 0 Å². The summed E-state index contributed by atoms with van der Waals surface area (Å²) >= 11 is 0. The zero-order valence-corrected chi connectivity index (χ0v) is 15.1. The number of benzene rings is 2. The van der Waals surface area contributed by atoms with E-state index in [1.807, 2.05) is 37.3 Å². The summed E-state index contributed by atoms with van der Waals surface area (Å²) in [5.41, 5.74) is 1.94. The highest BCUT2D eigenvalue weighted by Gasteiger charge is 2.41. The predicted octanol–water partition coefficient (Wildman–Crippen LogP) is 3.33. The summed E-state index contributed by atoms with van der Waals surface area (Å²) in [7, 11) is -3.74. The standard InChI is InChI=1S/C20H21NO3S/c1-15-8-10-18(11-9-15)25(23,24)19-16(2)12-13-21(20(19)22)14-17-6-4-3-5-7-17/h3-13,16,19H,14H2,1-2H3. The van der Waals surface area contributed by atoms with E-state index in [1.165, 1.54) is 4.90 Å². The average molecular weight is 355 g/mol. The third kappa shape index (κ3) is 3.51. The van der Waals surface area contributed by atoms with Gasteiger partial charge in [0.1, 0.15) is 0 Å². The fraction of sp³-hybridized carbons (Fsp3) is 0.250. The number of allylic oxidation sites excluding steroid dienone is 1. The van der Waals surface area contributed by atoms with Crippen molar-refractivity contribution >= 4 is 15.7 Å². The van der Waals surface area contributed by atoms with E-state index in [-0.39, 0.29) is 16.7 Å². The van der Waals surface area contributed by atoms with Gasteiger partial charge in [-0.25, -0.2) is 8.42 Å². The van der Waals surface area contributed by atoms with Crippen molar-refractivity contribution in [2.24, 2.45) is 5.92 Å². The van der Waals surface area contributed by atoms with Crippen LogP contribution in [0, 0.1) is 12.8 Å². The van der Waals surface area contributed by atoms with Crippen molar-refractivity contribution in [2.75, 3.05) is 0 Å². The molecular weight excluding hydrogens is 334 g/mol. The van der Waals surface area contributed by atoms with Gasteiger partial charge in [-0.05, 0) is 24.6 Å². The van der Waals surface area contributed by atoms with Crippen LogP contribution < -0.4 is 0 Å². The van der Waals surface area contributed by atoms with E-state index in [2.05, 4.69) is 0 Å². The monoisotopic (exact) mass is 355 g/mol. The number of carbonyl (C=O) groups is 1. The Labute approximate surface area is 148 Å². The lowest BCUT2D eigenvalue weighted by atomic mass is 10.0. The van der Waals surface area contributed by atoms with Crippen molar-refractivity contribution in [1.29, 1.82) is 0 Å². The quantitative estimate of drug-likeness (QED) is 0.845. The predicted molar refractivity (Wildman–Crippen MR) is 97.4 cm³/mol. The fourth-order valence-corrected chi connectivity index (χ4v) is 4.87. The molecule has 0 radical (unpaired) electrons. The van der Waals surface area contributed by atoms with Crippen LogP contribution in [0.25, 0.3) is 0 Å². The Balaban J connectivity index is 1.91. The van der Waals surface area contributed by atoms with Crippen molar-refractivity contribution in [3.63, 3.8) is 0 Å². The van der Waals surface area contributed by atoms with Gasteiger partial charge in [-0.2, -0.15) is 0 Å². The molecule has 0 bridgehead atoms.